The van der Waals surface area contributed by atoms with Crippen molar-refractivity contribution in [2.75, 3.05) is 56.0 Å². The molecule has 31 heavy (non-hydrogen) atoms. The van der Waals surface area contributed by atoms with Crippen LogP contribution >= 0.6 is 24.0 Å². The molecule has 0 atom stereocenters. The number of piperazine rings is 1. The average molecular weight is 535 g/mol. The summed E-state index contributed by atoms with van der Waals surface area (Å²) in [7, 11) is 1.88. The van der Waals surface area contributed by atoms with Crippen molar-refractivity contribution >= 4 is 52.5 Å². The summed E-state index contributed by atoms with van der Waals surface area (Å²) in [6, 6.07) is 10.6. The van der Waals surface area contributed by atoms with Crippen LogP contribution in [-0.2, 0) is 7.05 Å². The van der Waals surface area contributed by atoms with Gasteiger partial charge in [0.25, 0.3) is 0 Å². The van der Waals surface area contributed by atoms with Crippen LogP contribution in [0.2, 0.25) is 0 Å². The predicted octanol–water partition coefficient (Wildman–Crippen LogP) is 2.18. The summed E-state index contributed by atoms with van der Waals surface area (Å²) in [4.78, 5) is 18.2. The third-order valence-corrected chi connectivity index (χ3v) is 5.23. The van der Waals surface area contributed by atoms with Gasteiger partial charge in [0, 0.05) is 52.0 Å². The van der Waals surface area contributed by atoms with E-state index in [2.05, 4.69) is 72.8 Å². The van der Waals surface area contributed by atoms with Crippen molar-refractivity contribution < 1.29 is 0 Å². The second-order valence-corrected chi connectivity index (χ2v) is 7.20. The molecule has 1 saturated heterocycles. The largest absolute Gasteiger partial charge is 0.368 e. The zero-order valence-electron chi connectivity index (χ0n) is 18.0. The van der Waals surface area contributed by atoms with E-state index < -0.39 is 0 Å². The van der Waals surface area contributed by atoms with E-state index in [0.29, 0.717) is 13.1 Å². The number of nitrogens with one attached hydrogen (secondary N) is 2. The molecule has 0 unspecified atom stereocenters. The lowest BCUT2D eigenvalue weighted by Crippen LogP contribution is -2.52. The van der Waals surface area contributed by atoms with E-state index in [-0.39, 0.29) is 24.0 Å². The fourth-order valence-electron chi connectivity index (χ4n) is 3.68. The van der Waals surface area contributed by atoms with Crippen molar-refractivity contribution in [3.63, 3.8) is 0 Å². The van der Waals surface area contributed by atoms with E-state index in [1.165, 1.54) is 5.69 Å². The lowest BCUT2D eigenvalue weighted by molar-refractivity contribution is 0.373. The van der Waals surface area contributed by atoms with Gasteiger partial charge in [-0.05, 0) is 19.1 Å². The Morgan fingerprint density at radius 1 is 1.10 bits per heavy atom. The second-order valence-electron chi connectivity index (χ2n) is 7.20. The molecular formula is C21H30IN9. The van der Waals surface area contributed by atoms with Crippen LogP contribution in [0.1, 0.15) is 6.92 Å². The van der Waals surface area contributed by atoms with Gasteiger partial charge in [-0.2, -0.15) is 5.10 Å². The number of benzene rings is 1. The Kier molecular flexibility index (Phi) is 8.27. The first-order valence-electron chi connectivity index (χ1n) is 10.5. The molecule has 2 aromatic heterocycles. The highest BCUT2D eigenvalue weighted by Gasteiger charge is 2.19. The molecule has 0 saturated carbocycles. The zero-order valence-corrected chi connectivity index (χ0v) is 20.4. The van der Waals surface area contributed by atoms with Gasteiger partial charge in [0.15, 0.2) is 11.6 Å². The average Bonchev–Trinajstić information content (AvgIpc) is 3.18. The number of guanidine groups is 1. The molecule has 10 heteroatoms. The number of hydrogen-bond donors (Lipinski definition) is 2. The standard InChI is InChI=1S/C21H29N9.HI/c1-3-22-21(30-13-11-29(12-14-30)17-7-5-4-6-8-17)24-10-9-23-19-18-15-27-28(2)20(18)26-16-25-19;/h4-8,15-16H,3,9-14H2,1-2H3,(H,22,24)(H,23,25,26);1H. The van der Waals surface area contributed by atoms with Crippen LogP contribution < -0.4 is 15.5 Å². The number of nitrogens with zero attached hydrogens (tertiary/aromatic N) is 7. The number of fused-ring (bicyclic) bond motifs is 1. The summed E-state index contributed by atoms with van der Waals surface area (Å²) in [5.41, 5.74) is 2.11. The third-order valence-electron chi connectivity index (χ3n) is 5.23. The second kappa shape index (κ2) is 11.1. The van der Waals surface area contributed by atoms with Gasteiger partial charge in [-0.3, -0.25) is 9.67 Å². The van der Waals surface area contributed by atoms with Crippen LogP contribution in [0.3, 0.4) is 0 Å². The Morgan fingerprint density at radius 3 is 2.61 bits per heavy atom. The summed E-state index contributed by atoms with van der Waals surface area (Å²) < 4.78 is 1.75. The third kappa shape index (κ3) is 5.54. The molecule has 0 aliphatic carbocycles. The molecule has 0 spiro atoms. The maximum atomic E-state index is 4.82. The zero-order chi connectivity index (χ0) is 20.8. The van der Waals surface area contributed by atoms with E-state index in [0.717, 1.165) is 55.5 Å². The number of aryl methyl sites for hydroxylation is 1. The summed E-state index contributed by atoms with van der Waals surface area (Å²) >= 11 is 0. The van der Waals surface area contributed by atoms with E-state index in [1.54, 1.807) is 17.2 Å². The van der Waals surface area contributed by atoms with Crippen LogP contribution in [0.5, 0.6) is 0 Å². The summed E-state index contributed by atoms with van der Waals surface area (Å²) in [5, 5.41) is 12.0. The molecule has 4 rings (SSSR count). The molecule has 1 aliphatic heterocycles. The number of anilines is 2. The molecule has 0 radical (unpaired) electrons. The maximum Gasteiger partial charge on any atom is 0.194 e. The fraction of sp³-hybridized carbons (Fsp3) is 0.429. The first-order chi connectivity index (χ1) is 14.8. The first-order valence-corrected chi connectivity index (χ1v) is 10.5. The van der Waals surface area contributed by atoms with Crippen molar-refractivity contribution in [3.8, 4) is 0 Å². The van der Waals surface area contributed by atoms with Gasteiger partial charge < -0.3 is 20.4 Å². The number of aliphatic imine (C=N–C) groups is 1. The smallest absolute Gasteiger partial charge is 0.194 e. The molecule has 166 valence electrons. The Hall–Kier alpha value is -2.63. The predicted molar refractivity (Wildman–Crippen MR) is 136 cm³/mol. The van der Waals surface area contributed by atoms with E-state index in [4.69, 9.17) is 4.99 Å². The minimum atomic E-state index is 0. The molecule has 0 amide bonds. The van der Waals surface area contributed by atoms with Crippen molar-refractivity contribution in [1.82, 2.24) is 30.0 Å². The highest BCUT2D eigenvalue weighted by molar-refractivity contribution is 14.0. The van der Waals surface area contributed by atoms with Crippen LogP contribution in [0.15, 0.2) is 47.8 Å². The number of aromatic nitrogens is 4. The SMILES string of the molecule is CCNC(=NCCNc1ncnc2c1cnn2C)N1CCN(c2ccccc2)CC1.I. The maximum absolute atomic E-state index is 4.82. The molecule has 1 fully saturated rings. The monoisotopic (exact) mass is 535 g/mol. The quantitative estimate of drug-likeness (QED) is 0.217. The summed E-state index contributed by atoms with van der Waals surface area (Å²) in [6.07, 6.45) is 3.35. The lowest BCUT2D eigenvalue weighted by atomic mass is 10.2. The minimum absolute atomic E-state index is 0. The number of rotatable bonds is 6. The molecule has 3 aromatic rings. The van der Waals surface area contributed by atoms with Gasteiger partial charge >= 0.3 is 0 Å². The van der Waals surface area contributed by atoms with Gasteiger partial charge in [-0.15, -0.1) is 24.0 Å². The van der Waals surface area contributed by atoms with E-state index in [1.807, 2.05) is 7.05 Å². The van der Waals surface area contributed by atoms with Gasteiger partial charge in [0.05, 0.1) is 18.1 Å². The van der Waals surface area contributed by atoms with Gasteiger partial charge in [0.1, 0.15) is 12.1 Å². The minimum Gasteiger partial charge on any atom is -0.368 e. The van der Waals surface area contributed by atoms with E-state index in [9.17, 15) is 0 Å². The van der Waals surface area contributed by atoms with Gasteiger partial charge in [-0.1, -0.05) is 18.2 Å². The van der Waals surface area contributed by atoms with Crippen molar-refractivity contribution in [2.45, 2.75) is 6.92 Å². The van der Waals surface area contributed by atoms with Crippen molar-refractivity contribution in [1.29, 1.82) is 0 Å². The van der Waals surface area contributed by atoms with Gasteiger partial charge in [-0.25, -0.2) is 9.97 Å². The van der Waals surface area contributed by atoms with Crippen LogP contribution in [0, 0.1) is 0 Å². The topological polar surface area (TPSA) is 86.5 Å². The highest BCUT2D eigenvalue weighted by Crippen LogP contribution is 2.17. The molecule has 2 N–H and O–H groups in total. The van der Waals surface area contributed by atoms with Gasteiger partial charge in [0.2, 0.25) is 0 Å². The lowest BCUT2D eigenvalue weighted by Gasteiger charge is -2.37. The number of para-hydroxylation sites is 1. The van der Waals surface area contributed by atoms with Crippen molar-refractivity contribution in [2.24, 2.45) is 12.0 Å². The highest BCUT2D eigenvalue weighted by atomic mass is 127. The summed E-state index contributed by atoms with van der Waals surface area (Å²) in [5.74, 6) is 1.77. The molecule has 1 aliphatic rings. The molecule has 0 bridgehead atoms. The Bertz CT molecular complexity index is 981. The van der Waals surface area contributed by atoms with Crippen LogP contribution in [-0.4, -0.2) is 76.4 Å². The normalized spacial score (nSPS) is 14.5. The first kappa shape index (κ1) is 23.0. The molecular weight excluding hydrogens is 505 g/mol. The fourth-order valence-corrected chi connectivity index (χ4v) is 3.68. The molecule has 9 nitrogen and oxygen atoms in total. The summed E-state index contributed by atoms with van der Waals surface area (Å²) in [6.45, 7) is 8.21. The molecule has 1 aromatic carbocycles. The van der Waals surface area contributed by atoms with E-state index >= 15 is 0 Å². The number of hydrogen-bond acceptors (Lipinski definition) is 6. The Labute approximate surface area is 200 Å². The molecule has 3 heterocycles. The Balaban J connectivity index is 0.00000272. The number of halogens is 1. The van der Waals surface area contributed by atoms with Crippen molar-refractivity contribution in [3.05, 3.63) is 42.9 Å². The Morgan fingerprint density at radius 2 is 1.87 bits per heavy atom. The van der Waals surface area contributed by atoms with Crippen LogP contribution in [0.25, 0.3) is 11.0 Å². The van der Waals surface area contributed by atoms with Crippen LogP contribution in [0.4, 0.5) is 11.5 Å².